The van der Waals surface area contributed by atoms with Crippen molar-refractivity contribution in [3.8, 4) is 5.75 Å². The Bertz CT molecular complexity index is 707. The van der Waals surface area contributed by atoms with Crippen LogP contribution in [0.3, 0.4) is 0 Å². The maximum Gasteiger partial charge on any atom is 0.271 e. The number of anilines is 1. The summed E-state index contributed by atoms with van der Waals surface area (Å²) < 4.78 is 12.8. The minimum absolute atomic E-state index is 0.130. The van der Waals surface area contributed by atoms with Gasteiger partial charge in [0.15, 0.2) is 5.11 Å². The number of aromatic hydroxyl groups is 1. The highest BCUT2D eigenvalue weighted by Crippen LogP contribution is 2.27. The molecule has 8 heteroatoms. The van der Waals surface area contributed by atoms with Crippen molar-refractivity contribution >= 4 is 28.7 Å². The van der Waals surface area contributed by atoms with E-state index in [1.54, 1.807) is 12.1 Å². The van der Waals surface area contributed by atoms with E-state index in [0.29, 0.717) is 6.54 Å². The fourth-order valence-electron chi connectivity index (χ4n) is 1.69. The van der Waals surface area contributed by atoms with E-state index in [2.05, 4.69) is 10.6 Å². The third kappa shape index (κ3) is 4.13. The van der Waals surface area contributed by atoms with Gasteiger partial charge < -0.3 is 15.7 Å². The Morgan fingerprint density at radius 2 is 1.95 bits per heavy atom. The highest BCUT2D eigenvalue weighted by molar-refractivity contribution is 7.80. The quantitative estimate of drug-likeness (QED) is 0.347. The molecule has 2 rings (SSSR count). The molecule has 0 unspecified atom stereocenters. The Hall–Kier alpha value is -2.74. The summed E-state index contributed by atoms with van der Waals surface area (Å²) in [6.07, 6.45) is 0. The summed E-state index contributed by atoms with van der Waals surface area (Å²) in [6.45, 7) is 0.349. The molecule has 3 N–H and O–H groups in total. The maximum atomic E-state index is 12.8. The van der Waals surface area contributed by atoms with Crippen LogP contribution in [-0.2, 0) is 6.54 Å². The standard InChI is InChI=1S/C14H12FN3O3S/c15-10-3-1-9(2-4-10)8-16-14(22)17-12-7-11(18(20)21)5-6-13(12)19/h1-7,19H,8H2,(H2,16,17,22). The van der Waals surface area contributed by atoms with Crippen molar-refractivity contribution in [1.82, 2.24) is 5.32 Å². The number of hydrogen-bond acceptors (Lipinski definition) is 4. The van der Waals surface area contributed by atoms with Crippen LogP contribution in [0.4, 0.5) is 15.8 Å². The zero-order valence-electron chi connectivity index (χ0n) is 11.2. The molecule has 0 saturated heterocycles. The van der Waals surface area contributed by atoms with Crippen molar-refractivity contribution in [3.63, 3.8) is 0 Å². The van der Waals surface area contributed by atoms with Crippen molar-refractivity contribution in [2.24, 2.45) is 0 Å². The summed E-state index contributed by atoms with van der Waals surface area (Å²) in [6, 6.07) is 9.46. The predicted molar refractivity (Wildman–Crippen MR) is 84.2 cm³/mol. The van der Waals surface area contributed by atoms with Crippen molar-refractivity contribution in [1.29, 1.82) is 0 Å². The molecule has 0 atom stereocenters. The molecule has 0 aliphatic carbocycles. The molecule has 0 bridgehead atoms. The lowest BCUT2D eigenvalue weighted by Crippen LogP contribution is -2.27. The van der Waals surface area contributed by atoms with Crippen molar-refractivity contribution < 1.29 is 14.4 Å². The van der Waals surface area contributed by atoms with Crippen LogP contribution in [0.1, 0.15) is 5.56 Å². The monoisotopic (exact) mass is 321 g/mol. The molecule has 6 nitrogen and oxygen atoms in total. The van der Waals surface area contributed by atoms with Crippen molar-refractivity contribution in [2.75, 3.05) is 5.32 Å². The molecule has 0 fully saturated rings. The third-order valence-electron chi connectivity index (χ3n) is 2.81. The molecule has 2 aromatic carbocycles. The topological polar surface area (TPSA) is 87.4 Å². The second kappa shape index (κ2) is 6.81. The van der Waals surface area contributed by atoms with Gasteiger partial charge in [-0.05, 0) is 36.0 Å². The lowest BCUT2D eigenvalue weighted by atomic mass is 10.2. The number of nitro groups is 1. The maximum absolute atomic E-state index is 12.8. The number of rotatable bonds is 4. The van der Waals surface area contributed by atoms with Crippen LogP contribution in [0, 0.1) is 15.9 Å². The van der Waals surface area contributed by atoms with Gasteiger partial charge in [0.2, 0.25) is 0 Å². The Morgan fingerprint density at radius 3 is 2.59 bits per heavy atom. The summed E-state index contributed by atoms with van der Waals surface area (Å²) >= 11 is 5.05. The number of nitrogens with one attached hydrogen (secondary N) is 2. The minimum atomic E-state index is -0.570. The van der Waals surface area contributed by atoms with Crippen LogP contribution < -0.4 is 10.6 Å². The van der Waals surface area contributed by atoms with Gasteiger partial charge in [-0.1, -0.05) is 12.1 Å². The smallest absolute Gasteiger partial charge is 0.271 e. The number of non-ortho nitro benzene ring substituents is 1. The number of phenolic OH excluding ortho intramolecular Hbond substituents is 1. The molecular weight excluding hydrogens is 309 g/mol. The number of phenols is 1. The summed E-state index contributed by atoms with van der Waals surface area (Å²) in [5.41, 5.74) is 0.779. The predicted octanol–water partition coefficient (Wildman–Crippen LogP) is 2.93. The SMILES string of the molecule is O=[N+]([O-])c1ccc(O)c(NC(=S)NCc2ccc(F)cc2)c1. The normalized spacial score (nSPS) is 10.0. The molecule has 22 heavy (non-hydrogen) atoms. The second-order valence-electron chi connectivity index (χ2n) is 4.39. The van der Waals surface area contributed by atoms with E-state index in [9.17, 15) is 19.6 Å². The van der Waals surface area contributed by atoms with E-state index in [1.165, 1.54) is 30.3 Å². The van der Waals surface area contributed by atoms with Crippen LogP contribution >= 0.6 is 12.2 Å². The van der Waals surface area contributed by atoms with Gasteiger partial charge in [0, 0.05) is 18.7 Å². The first-order valence-corrected chi connectivity index (χ1v) is 6.63. The average molecular weight is 321 g/mol. The molecule has 114 valence electrons. The van der Waals surface area contributed by atoms with Gasteiger partial charge in [0.05, 0.1) is 10.6 Å². The Balaban J connectivity index is 1.98. The number of nitrogens with zero attached hydrogens (tertiary/aromatic N) is 1. The molecule has 0 heterocycles. The summed E-state index contributed by atoms with van der Waals surface area (Å²) in [5, 5.41) is 26.1. The first kappa shape index (κ1) is 15.6. The van der Waals surface area contributed by atoms with Crippen LogP contribution in [0.25, 0.3) is 0 Å². The van der Waals surface area contributed by atoms with Crippen molar-refractivity contribution in [2.45, 2.75) is 6.54 Å². The number of thiocarbonyl (C=S) groups is 1. The third-order valence-corrected chi connectivity index (χ3v) is 3.05. The van der Waals surface area contributed by atoms with Gasteiger partial charge in [-0.2, -0.15) is 0 Å². The molecule has 0 aliphatic heterocycles. The van der Waals surface area contributed by atoms with Gasteiger partial charge in [0.1, 0.15) is 11.6 Å². The zero-order valence-corrected chi connectivity index (χ0v) is 12.1. The molecular formula is C14H12FN3O3S. The largest absolute Gasteiger partial charge is 0.506 e. The number of nitro benzene ring substituents is 1. The number of halogens is 1. The lowest BCUT2D eigenvalue weighted by molar-refractivity contribution is -0.384. The Kier molecular flexibility index (Phi) is 4.84. The summed E-state index contributed by atoms with van der Waals surface area (Å²) in [7, 11) is 0. The van der Waals surface area contributed by atoms with E-state index < -0.39 is 4.92 Å². The summed E-state index contributed by atoms with van der Waals surface area (Å²) in [4.78, 5) is 10.1. The molecule has 2 aromatic rings. The van der Waals surface area contributed by atoms with Crippen LogP contribution in [0.2, 0.25) is 0 Å². The Morgan fingerprint density at radius 1 is 1.27 bits per heavy atom. The van der Waals surface area contributed by atoms with Gasteiger partial charge in [-0.15, -0.1) is 0 Å². The van der Waals surface area contributed by atoms with Gasteiger partial charge >= 0.3 is 0 Å². The highest BCUT2D eigenvalue weighted by atomic mass is 32.1. The molecule has 0 amide bonds. The zero-order chi connectivity index (χ0) is 16.1. The molecule has 0 spiro atoms. The van der Waals surface area contributed by atoms with Gasteiger partial charge in [0.25, 0.3) is 5.69 Å². The van der Waals surface area contributed by atoms with E-state index in [4.69, 9.17) is 12.2 Å². The molecule has 0 aromatic heterocycles. The van der Waals surface area contributed by atoms with E-state index in [1.807, 2.05) is 0 Å². The highest BCUT2D eigenvalue weighted by Gasteiger charge is 2.11. The van der Waals surface area contributed by atoms with Crippen molar-refractivity contribution in [3.05, 3.63) is 64.0 Å². The van der Waals surface area contributed by atoms with Crippen LogP contribution in [0.15, 0.2) is 42.5 Å². The van der Waals surface area contributed by atoms with E-state index >= 15 is 0 Å². The fraction of sp³-hybridized carbons (Fsp3) is 0.0714. The van der Waals surface area contributed by atoms with Gasteiger partial charge in [-0.3, -0.25) is 10.1 Å². The first-order chi connectivity index (χ1) is 10.5. The van der Waals surface area contributed by atoms with Crippen LogP contribution in [0.5, 0.6) is 5.75 Å². The number of benzene rings is 2. The van der Waals surface area contributed by atoms with Gasteiger partial charge in [-0.25, -0.2) is 4.39 Å². The number of hydrogen-bond donors (Lipinski definition) is 3. The minimum Gasteiger partial charge on any atom is -0.506 e. The lowest BCUT2D eigenvalue weighted by Gasteiger charge is -2.11. The van der Waals surface area contributed by atoms with E-state index in [-0.39, 0.29) is 28.1 Å². The van der Waals surface area contributed by atoms with E-state index in [0.717, 1.165) is 5.56 Å². The molecule has 0 radical (unpaired) electrons. The Labute approximate surface area is 130 Å². The first-order valence-electron chi connectivity index (χ1n) is 6.22. The summed E-state index contributed by atoms with van der Waals surface area (Å²) in [5.74, 6) is -0.484. The second-order valence-corrected chi connectivity index (χ2v) is 4.80. The molecule has 0 aliphatic rings. The molecule has 0 saturated carbocycles. The average Bonchev–Trinajstić information content (AvgIpc) is 2.48. The fourth-order valence-corrected chi connectivity index (χ4v) is 1.87. The van der Waals surface area contributed by atoms with Crippen LogP contribution in [-0.4, -0.2) is 15.1 Å².